The Labute approximate surface area is 124 Å². The van der Waals surface area contributed by atoms with Gasteiger partial charge in [0.25, 0.3) is 0 Å². The van der Waals surface area contributed by atoms with Crippen LogP contribution >= 0.6 is 0 Å². The molecule has 2 aliphatic heterocycles. The van der Waals surface area contributed by atoms with Crippen LogP contribution in [0.4, 0.5) is 0 Å². The zero-order chi connectivity index (χ0) is 14.4. The second-order valence-electron chi connectivity index (χ2n) is 6.55. The lowest BCUT2D eigenvalue weighted by Gasteiger charge is -2.37. The quantitative estimate of drug-likeness (QED) is 0.844. The van der Waals surface area contributed by atoms with Gasteiger partial charge in [-0.05, 0) is 38.4 Å². The molecule has 2 heterocycles. The molecular formula is C16H33N3O. The molecule has 4 heteroatoms. The van der Waals surface area contributed by atoms with Gasteiger partial charge >= 0.3 is 0 Å². The van der Waals surface area contributed by atoms with Gasteiger partial charge in [0.15, 0.2) is 0 Å². The van der Waals surface area contributed by atoms with Crippen molar-refractivity contribution in [3.8, 4) is 0 Å². The Morgan fingerprint density at radius 1 is 1.15 bits per heavy atom. The molecule has 3 unspecified atom stereocenters. The van der Waals surface area contributed by atoms with E-state index in [4.69, 9.17) is 4.74 Å². The van der Waals surface area contributed by atoms with Gasteiger partial charge in [-0.25, -0.2) is 0 Å². The number of ether oxygens (including phenoxy) is 1. The second kappa shape index (κ2) is 8.32. The molecule has 4 nitrogen and oxygen atoms in total. The zero-order valence-corrected chi connectivity index (χ0v) is 13.6. The minimum absolute atomic E-state index is 0.406. The van der Waals surface area contributed by atoms with E-state index in [2.05, 4.69) is 35.9 Å². The third kappa shape index (κ3) is 4.99. The summed E-state index contributed by atoms with van der Waals surface area (Å²) in [5.41, 5.74) is 0. The van der Waals surface area contributed by atoms with Gasteiger partial charge in [-0.2, -0.15) is 0 Å². The fourth-order valence-corrected chi connectivity index (χ4v) is 3.39. The number of nitrogens with one attached hydrogen (secondary N) is 1. The Morgan fingerprint density at radius 2 is 2.00 bits per heavy atom. The highest BCUT2D eigenvalue weighted by atomic mass is 16.5. The van der Waals surface area contributed by atoms with Crippen LogP contribution in [0.1, 0.15) is 33.6 Å². The largest absolute Gasteiger partial charge is 0.374 e. The second-order valence-corrected chi connectivity index (χ2v) is 6.55. The smallest absolute Gasteiger partial charge is 0.0829 e. The number of rotatable bonds is 4. The van der Waals surface area contributed by atoms with Crippen LogP contribution in [0.5, 0.6) is 0 Å². The Morgan fingerprint density at radius 3 is 2.75 bits per heavy atom. The number of likely N-dealkylation sites (N-methyl/N-ethyl adjacent to an activating group) is 1. The molecule has 0 spiro atoms. The summed E-state index contributed by atoms with van der Waals surface area (Å²) in [5, 5.41) is 3.70. The highest BCUT2D eigenvalue weighted by Gasteiger charge is 2.24. The van der Waals surface area contributed by atoms with Crippen molar-refractivity contribution in [3.05, 3.63) is 0 Å². The van der Waals surface area contributed by atoms with E-state index in [1.54, 1.807) is 0 Å². The molecule has 2 fully saturated rings. The van der Waals surface area contributed by atoms with Crippen molar-refractivity contribution >= 4 is 0 Å². The van der Waals surface area contributed by atoms with Crippen molar-refractivity contribution in [2.45, 2.75) is 45.8 Å². The molecule has 0 amide bonds. The van der Waals surface area contributed by atoms with Crippen LogP contribution in [0.15, 0.2) is 0 Å². The van der Waals surface area contributed by atoms with Crippen LogP contribution in [0.25, 0.3) is 0 Å². The summed E-state index contributed by atoms with van der Waals surface area (Å²) >= 11 is 0. The summed E-state index contributed by atoms with van der Waals surface area (Å²) in [5.74, 6) is 0.732. The molecule has 2 saturated heterocycles. The van der Waals surface area contributed by atoms with Gasteiger partial charge in [-0.15, -0.1) is 0 Å². The number of nitrogens with zero attached hydrogens (tertiary/aromatic N) is 2. The van der Waals surface area contributed by atoms with E-state index in [9.17, 15) is 0 Å². The average Bonchev–Trinajstić information content (AvgIpc) is 2.45. The molecule has 0 aromatic rings. The zero-order valence-electron chi connectivity index (χ0n) is 13.6. The first kappa shape index (κ1) is 16.2. The maximum absolute atomic E-state index is 5.97. The van der Waals surface area contributed by atoms with Crippen LogP contribution < -0.4 is 5.32 Å². The summed E-state index contributed by atoms with van der Waals surface area (Å²) in [6, 6.07) is 0.694. The summed E-state index contributed by atoms with van der Waals surface area (Å²) in [4.78, 5) is 5.15. The van der Waals surface area contributed by atoms with Crippen LogP contribution in [0.2, 0.25) is 0 Å². The van der Waals surface area contributed by atoms with Gasteiger partial charge in [0, 0.05) is 32.2 Å². The number of hydrogen-bond donors (Lipinski definition) is 1. The predicted octanol–water partition coefficient (Wildman–Crippen LogP) is 1.42. The first-order valence-corrected chi connectivity index (χ1v) is 8.51. The van der Waals surface area contributed by atoms with E-state index in [0.717, 1.165) is 45.2 Å². The fraction of sp³-hybridized carbons (Fsp3) is 1.00. The summed E-state index contributed by atoms with van der Waals surface area (Å²) in [6.07, 6.45) is 2.92. The topological polar surface area (TPSA) is 27.7 Å². The Bertz CT molecular complexity index is 274. The van der Waals surface area contributed by atoms with Gasteiger partial charge < -0.3 is 15.0 Å². The van der Waals surface area contributed by atoms with Crippen molar-refractivity contribution in [1.29, 1.82) is 0 Å². The van der Waals surface area contributed by atoms with Crippen molar-refractivity contribution in [3.63, 3.8) is 0 Å². The lowest BCUT2D eigenvalue weighted by molar-refractivity contribution is -0.0442. The van der Waals surface area contributed by atoms with E-state index in [-0.39, 0.29) is 0 Å². The van der Waals surface area contributed by atoms with E-state index in [1.165, 1.54) is 25.9 Å². The Balaban J connectivity index is 1.83. The molecule has 3 atom stereocenters. The molecule has 20 heavy (non-hydrogen) atoms. The van der Waals surface area contributed by atoms with Gasteiger partial charge in [0.1, 0.15) is 0 Å². The minimum atomic E-state index is 0.406. The molecule has 0 radical (unpaired) electrons. The first-order valence-electron chi connectivity index (χ1n) is 8.51. The maximum Gasteiger partial charge on any atom is 0.0829 e. The monoisotopic (exact) mass is 283 g/mol. The highest BCUT2D eigenvalue weighted by molar-refractivity contribution is 4.79. The molecule has 2 aliphatic rings. The van der Waals surface area contributed by atoms with Crippen LogP contribution in [0.3, 0.4) is 0 Å². The minimum Gasteiger partial charge on any atom is -0.374 e. The summed E-state index contributed by atoms with van der Waals surface area (Å²) < 4.78 is 5.97. The molecule has 0 aromatic heterocycles. The van der Waals surface area contributed by atoms with E-state index in [1.807, 2.05) is 0 Å². The summed E-state index contributed by atoms with van der Waals surface area (Å²) in [7, 11) is 0. The van der Waals surface area contributed by atoms with E-state index >= 15 is 0 Å². The number of hydrogen-bond acceptors (Lipinski definition) is 4. The van der Waals surface area contributed by atoms with E-state index < -0.39 is 0 Å². The van der Waals surface area contributed by atoms with Crippen LogP contribution in [-0.2, 0) is 4.74 Å². The number of morpholine rings is 1. The van der Waals surface area contributed by atoms with Crippen LogP contribution in [0, 0.1) is 5.92 Å². The van der Waals surface area contributed by atoms with Crippen molar-refractivity contribution in [2.24, 2.45) is 5.92 Å². The molecule has 0 bridgehead atoms. The van der Waals surface area contributed by atoms with Crippen molar-refractivity contribution < 1.29 is 4.74 Å². The standard InChI is InChI=1S/C16H33N3O/c1-4-15-6-7-19(11-14(3)10-17-15)13-16-12-18(5-2)8-9-20-16/h14-17H,4-13H2,1-3H3. The Kier molecular flexibility index (Phi) is 6.75. The Hall–Kier alpha value is -0.160. The molecule has 0 aromatic carbocycles. The molecule has 0 saturated carbocycles. The fourth-order valence-electron chi connectivity index (χ4n) is 3.39. The van der Waals surface area contributed by atoms with Gasteiger partial charge in [-0.3, -0.25) is 4.90 Å². The normalized spacial score (nSPS) is 34.6. The molecule has 2 rings (SSSR count). The van der Waals surface area contributed by atoms with E-state index in [0.29, 0.717) is 12.1 Å². The summed E-state index contributed by atoms with van der Waals surface area (Å²) in [6.45, 7) is 15.8. The first-order chi connectivity index (χ1) is 9.71. The lowest BCUT2D eigenvalue weighted by Crippen LogP contribution is -2.50. The van der Waals surface area contributed by atoms with Gasteiger partial charge in [0.05, 0.1) is 12.7 Å². The molecule has 0 aliphatic carbocycles. The highest BCUT2D eigenvalue weighted by Crippen LogP contribution is 2.12. The van der Waals surface area contributed by atoms with Crippen LogP contribution in [-0.4, -0.2) is 74.4 Å². The SMILES string of the molecule is CCC1CCN(CC2CN(CC)CCO2)CC(C)CN1. The van der Waals surface area contributed by atoms with Gasteiger partial charge in [-0.1, -0.05) is 20.8 Å². The predicted molar refractivity (Wildman–Crippen MR) is 84.2 cm³/mol. The molecular weight excluding hydrogens is 250 g/mol. The average molecular weight is 283 g/mol. The third-order valence-electron chi connectivity index (χ3n) is 4.74. The van der Waals surface area contributed by atoms with Gasteiger partial charge in [0.2, 0.25) is 0 Å². The third-order valence-corrected chi connectivity index (χ3v) is 4.74. The molecule has 1 N–H and O–H groups in total. The van der Waals surface area contributed by atoms with Crippen molar-refractivity contribution in [2.75, 3.05) is 52.4 Å². The lowest BCUT2D eigenvalue weighted by atomic mass is 10.0. The van der Waals surface area contributed by atoms with Crippen molar-refractivity contribution in [1.82, 2.24) is 15.1 Å². The maximum atomic E-state index is 5.97. The molecule has 118 valence electrons.